The van der Waals surface area contributed by atoms with Crippen molar-refractivity contribution < 1.29 is 19.4 Å². The van der Waals surface area contributed by atoms with Crippen LogP contribution in [0.3, 0.4) is 0 Å². The van der Waals surface area contributed by atoms with E-state index in [9.17, 15) is 9.59 Å². The number of carboxylic acid groups (broad SMARTS) is 1. The maximum Gasteiger partial charge on any atom is 0.333 e. The Morgan fingerprint density at radius 3 is 2.04 bits per heavy atom. The van der Waals surface area contributed by atoms with Gasteiger partial charge in [-0.2, -0.15) is 0 Å². The zero-order chi connectivity index (χ0) is 18.1. The molecule has 0 spiro atoms. The molecule has 1 rings (SSSR count). The molecule has 0 aliphatic heterocycles. The molecular weight excluding hydrogens is 292 g/mol. The van der Waals surface area contributed by atoms with Crippen molar-refractivity contribution in [1.82, 2.24) is 0 Å². The van der Waals surface area contributed by atoms with Crippen LogP contribution in [0.5, 0.6) is 0 Å². The van der Waals surface area contributed by atoms with Gasteiger partial charge in [0, 0.05) is 11.6 Å². The van der Waals surface area contributed by atoms with Gasteiger partial charge in [-0.05, 0) is 18.9 Å². The van der Waals surface area contributed by atoms with Crippen molar-refractivity contribution in [2.45, 2.75) is 26.7 Å². The van der Waals surface area contributed by atoms with E-state index < -0.39 is 5.97 Å². The molecule has 0 heterocycles. The number of carbonyl (C=O) groups excluding carboxylic acids is 1. The van der Waals surface area contributed by atoms with Crippen LogP contribution in [0.25, 0.3) is 6.08 Å². The van der Waals surface area contributed by atoms with Crippen LogP contribution in [0.4, 0.5) is 0 Å². The molecule has 1 aromatic carbocycles. The van der Waals surface area contributed by atoms with E-state index in [0.717, 1.165) is 18.9 Å². The van der Waals surface area contributed by atoms with Gasteiger partial charge < -0.3 is 9.84 Å². The molecule has 4 nitrogen and oxygen atoms in total. The summed E-state index contributed by atoms with van der Waals surface area (Å²) in [5.74, 6) is -1.27. The molecule has 1 N–H and O–H groups in total. The first-order chi connectivity index (χ1) is 10.9. The first-order valence-electron chi connectivity index (χ1n) is 7.24. The van der Waals surface area contributed by atoms with Gasteiger partial charge in [0.25, 0.3) is 0 Å². The number of esters is 1. The lowest BCUT2D eigenvalue weighted by Crippen LogP contribution is -2.05. The highest BCUT2D eigenvalue weighted by Crippen LogP contribution is 1.97. The second-order valence-corrected chi connectivity index (χ2v) is 4.43. The van der Waals surface area contributed by atoms with Gasteiger partial charge in [-0.1, -0.05) is 69.5 Å². The summed E-state index contributed by atoms with van der Waals surface area (Å²) in [5, 5.41) is 7.60. The average Bonchev–Trinajstić information content (AvgIpc) is 2.56. The minimum Gasteiger partial charge on any atom is -0.478 e. The largest absolute Gasteiger partial charge is 0.478 e. The first-order valence-corrected chi connectivity index (χ1v) is 7.24. The molecule has 0 aliphatic carbocycles. The van der Waals surface area contributed by atoms with Gasteiger partial charge in [-0.3, -0.25) is 0 Å². The van der Waals surface area contributed by atoms with Crippen molar-refractivity contribution in [3.8, 4) is 0 Å². The molecular formula is C19H26O4. The summed E-state index contributed by atoms with van der Waals surface area (Å²) in [6, 6.07) is 10.0. The number of carbonyl (C=O) groups is 2. The van der Waals surface area contributed by atoms with Gasteiger partial charge in [0.15, 0.2) is 0 Å². The number of hydrogen-bond donors (Lipinski definition) is 1. The predicted molar refractivity (Wildman–Crippen MR) is 95.0 cm³/mol. The fourth-order valence-corrected chi connectivity index (χ4v) is 1.02. The molecule has 0 radical (unpaired) electrons. The number of hydrogen-bond acceptors (Lipinski definition) is 3. The Morgan fingerprint density at radius 2 is 1.74 bits per heavy atom. The average molecular weight is 318 g/mol. The molecule has 0 saturated heterocycles. The monoisotopic (exact) mass is 318 g/mol. The zero-order valence-electron chi connectivity index (χ0n) is 14.0. The molecule has 126 valence electrons. The normalized spacial score (nSPS) is 8.26. The minimum atomic E-state index is -0.981. The minimum absolute atomic E-state index is 0.284. The molecule has 0 amide bonds. The van der Waals surface area contributed by atoms with Crippen molar-refractivity contribution >= 4 is 18.0 Å². The number of benzene rings is 1. The molecule has 0 bridgehead atoms. The number of rotatable bonds is 6. The van der Waals surface area contributed by atoms with Gasteiger partial charge >= 0.3 is 11.9 Å². The lowest BCUT2D eigenvalue weighted by atomic mass is 10.2. The molecule has 23 heavy (non-hydrogen) atoms. The van der Waals surface area contributed by atoms with Crippen molar-refractivity contribution in [2.24, 2.45) is 0 Å². The second kappa shape index (κ2) is 15.8. The molecule has 0 atom stereocenters. The Morgan fingerprint density at radius 1 is 1.22 bits per heavy atom. The topological polar surface area (TPSA) is 63.6 Å². The van der Waals surface area contributed by atoms with Crippen LogP contribution in [-0.2, 0) is 14.3 Å². The maximum atomic E-state index is 10.7. The molecule has 0 fully saturated rings. The van der Waals surface area contributed by atoms with Crippen LogP contribution < -0.4 is 0 Å². The Balaban J connectivity index is 0. The summed E-state index contributed by atoms with van der Waals surface area (Å²) in [7, 11) is 0. The molecule has 0 unspecified atom stereocenters. The van der Waals surface area contributed by atoms with E-state index in [0.29, 0.717) is 12.2 Å². The summed E-state index contributed by atoms with van der Waals surface area (Å²) in [4.78, 5) is 19.9. The van der Waals surface area contributed by atoms with E-state index in [1.165, 1.54) is 5.56 Å². The Labute approximate surface area is 138 Å². The third-order valence-electron chi connectivity index (χ3n) is 2.29. The lowest BCUT2D eigenvalue weighted by molar-refractivity contribution is -0.139. The fourth-order valence-electron chi connectivity index (χ4n) is 1.02. The van der Waals surface area contributed by atoms with Gasteiger partial charge in [-0.25, -0.2) is 9.59 Å². The van der Waals surface area contributed by atoms with Crippen molar-refractivity contribution in [1.29, 1.82) is 0 Å². The highest BCUT2D eigenvalue weighted by molar-refractivity contribution is 5.86. The van der Waals surface area contributed by atoms with Crippen LogP contribution >= 0.6 is 0 Å². The van der Waals surface area contributed by atoms with Crippen molar-refractivity contribution in [3.05, 3.63) is 67.3 Å². The van der Waals surface area contributed by atoms with Crippen molar-refractivity contribution in [2.75, 3.05) is 6.61 Å². The number of carboxylic acids is 1. The Bertz CT molecular complexity index is 489. The fraction of sp³-hybridized carbons (Fsp3) is 0.263. The van der Waals surface area contributed by atoms with E-state index in [1.54, 1.807) is 6.92 Å². The number of unbranched alkanes of at least 4 members (excludes halogenated alkanes) is 1. The Hall–Kier alpha value is -2.62. The van der Waals surface area contributed by atoms with Gasteiger partial charge in [0.2, 0.25) is 0 Å². The van der Waals surface area contributed by atoms with Gasteiger partial charge in [0.05, 0.1) is 6.61 Å². The number of aliphatic carboxylic acids is 1. The van der Waals surface area contributed by atoms with Crippen LogP contribution in [0.1, 0.15) is 32.3 Å². The van der Waals surface area contributed by atoms with E-state index in [4.69, 9.17) is 9.84 Å². The second-order valence-electron chi connectivity index (χ2n) is 4.43. The molecule has 0 saturated carbocycles. The van der Waals surface area contributed by atoms with E-state index >= 15 is 0 Å². The summed E-state index contributed by atoms with van der Waals surface area (Å²) in [6.07, 6.45) is 4.64. The van der Waals surface area contributed by atoms with Gasteiger partial charge in [-0.15, -0.1) is 0 Å². The van der Waals surface area contributed by atoms with Crippen molar-refractivity contribution in [3.63, 3.8) is 0 Å². The van der Waals surface area contributed by atoms with E-state index in [1.807, 2.05) is 36.4 Å². The third-order valence-corrected chi connectivity index (χ3v) is 2.29. The summed E-state index contributed by atoms with van der Waals surface area (Å²) < 4.78 is 4.81. The van der Waals surface area contributed by atoms with E-state index in [-0.39, 0.29) is 5.97 Å². The van der Waals surface area contributed by atoms with Gasteiger partial charge in [0.1, 0.15) is 0 Å². The molecule has 0 aromatic heterocycles. The van der Waals surface area contributed by atoms with E-state index in [2.05, 4.69) is 26.7 Å². The predicted octanol–water partition coefficient (Wildman–Crippen LogP) is 4.49. The highest BCUT2D eigenvalue weighted by Gasteiger charge is 2.00. The highest BCUT2D eigenvalue weighted by atomic mass is 16.5. The lowest BCUT2D eigenvalue weighted by Gasteiger charge is -2.01. The molecule has 1 aromatic rings. The first kappa shape index (κ1) is 22.7. The van der Waals surface area contributed by atoms with Crippen LogP contribution in [0, 0.1) is 0 Å². The zero-order valence-corrected chi connectivity index (χ0v) is 14.0. The quantitative estimate of drug-likeness (QED) is 0.477. The summed E-state index contributed by atoms with van der Waals surface area (Å²) in [6.45, 7) is 14.3. The molecule has 4 heteroatoms. The SMILES string of the molecule is C=C(C)C(=O)OCCCC.C=CC(=O)O.C=Cc1ccccc1. The van der Waals surface area contributed by atoms with Crippen LogP contribution in [-0.4, -0.2) is 23.7 Å². The standard InChI is InChI=1S/C8H14O2.C8H8.C3H4O2/c1-4-5-6-10-8(9)7(2)3;1-2-8-6-4-3-5-7-8;1-2-3(4)5/h2,4-6H2,1,3H3;2-7H,1H2;2H,1H2,(H,4,5). The number of ether oxygens (including phenoxy) is 1. The summed E-state index contributed by atoms with van der Waals surface area (Å²) in [5.41, 5.74) is 1.64. The third kappa shape index (κ3) is 17.3. The molecule has 0 aliphatic rings. The Kier molecular flexibility index (Phi) is 15.5. The van der Waals surface area contributed by atoms with Crippen LogP contribution in [0.2, 0.25) is 0 Å². The maximum absolute atomic E-state index is 10.7. The smallest absolute Gasteiger partial charge is 0.333 e. The summed E-state index contributed by atoms with van der Waals surface area (Å²) >= 11 is 0. The van der Waals surface area contributed by atoms with Crippen LogP contribution in [0.15, 0.2) is 61.7 Å².